The van der Waals surface area contributed by atoms with Crippen molar-refractivity contribution in [1.82, 2.24) is 0 Å². The first-order valence-corrected chi connectivity index (χ1v) is 10.1. The van der Waals surface area contributed by atoms with Gasteiger partial charge in [-0.3, -0.25) is 0 Å². The Labute approximate surface area is 158 Å². The smallest absolute Gasteiger partial charge is 0.164 e. The standard InChI is InChI=1S/C21H34N2O3/c1-16-6-5-7-18(12-16)23-10-8-22(9-11-23)15-17-13-20(25-3)21(26-4)14-19(17)24-2/h13-14,16,18H,5-12,15H2,1-4H3/p+2/t16-,18-/m0/s1. The molecule has 1 heterocycles. The second-order valence-corrected chi connectivity index (χ2v) is 8.07. The van der Waals surface area contributed by atoms with Crippen LogP contribution in [0, 0.1) is 5.92 Å². The van der Waals surface area contributed by atoms with Crippen LogP contribution in [0.1, 0.15) is 38.2 Å². The molecule has 2 atom stereocenters. The summed E-state index contributed by atoms with van der Waals surface area (Å²) in [7, 11) is 5.08. The lowest BCUT2D eigenvalue weighted by Gasteiger charge is -2.37. The molecular weight excluding hydrogens is 328 g/mol. The highest BCUT2D eigenvalue weighted by molar-refractivity contribution is 5.50. The predicted molar refractivity (Wildman–Crippen MR) is 103 cm³/mol. The number of ether oxygens (including phenoxy) is 3. The lowest BCUT2D eigenvalue weighted by atomic mass is 9.86. The van der Waals surface area contributed by atoms with E-state index in [0.29, 0.717) is 0 Å². The van der Waals surface area contributed by atoms with Crippen molar-refractivity contribution in [2.24, 2.45) is 5.92 Å². The summed E-state index contributed by atoms with van der Waals surface area (Å²) in [6.45, 7) is 8.47. The predicted octanol–water partition coefficient (Wildman–Crippen LogP) is 0.575. The molecule has 2 fully saturated rings. The topological polar surface area (TPSA) is 36.6 Å². The monoisotopic (exact) mass is 364 g/mol. The van der Waals surface area contributed by atoms with Crippen LogP contribution >= 0.6 is 0 Å². The molecule has 0 unspecified atom stereocenters. The molecular formula is C21H36N2O3+2. The van der Waals surface area contributed by atoms with E-state index in [1.807, 2.05) is 11.0 Å². The molecule has 2 N–H and O–H groups in total. The fraction of sp³-hybridized carbons (Fsp3) is 0.714. The number of methoxy groups -OCH3 is 3. The molecule has 5 nitrogen and oxygen atoms in total. The van der Waals surface area contributed by atoms with Gasteiger partial charge in [0.15, 0.2) is 11.5 Å². The van der Waals surface area contributed by atoms with E-state index < -0.39 is 0 Å². The van der Waals surface area contributed by atoms with E-state index in [9.17, 15) is 0 Å². The van der Waals surface area contributed by atoms with Gasteiger partial charge in [-0.05, 0) is 24.8 Å². The SMILES string of the molecule is COc1cc(OC)c(OC)cc1C[NH+]1CC[NH+]([C@H]2CCC[C@H](C)C2)CC1. The van der Waals surface area contributed by atoms with Crippen LogP contribution in [0.15, 0.2) is 12.1 Å². The van der Waals surface area contributed by atoms with Crippen LogP contribution in [-0.2, 0) is 6.54 Å². The average molecular weight is 365 g/mol. The van der Waals surface area contributed by atoms with Gasteiger partial charge in [0.25, 0.3) is 0 Å². The van der Waals surface area contributed by atoms with Crippen molar-refractivity contribution in [2.45, 2.75) is 45.2 Å². The summed E-state index contributed by atoms with van der Waals surface area (Å²) in [4.78, 5) is 3.49. The van der Waals surface area contributed by atoms with Gasteiger partial charge in [0.05, 0.1) is 32.9 Å². The summed E-state index contributed by atoms with van der Waals surface area (Å²) in [5, 5.41) is 0. The van der Waals surface area contributed by atoms with Crippen LogP contribution in [-0.4, -0.2) is 53.6 Å². The summed E-state index contributed by atoms with van der Waals surface area (Å²) in [5.41, 5.74) is 1.20. The summed E-state index contributed by atoms with van der Waals surface area (Å²) in [6, 6.07) is 4.92. The van der Waals surface area contributed by atoms with E-state index in [0.717, 1.165) is 35.8 Å². The molecule has 1 aromatic rings. The third kappa shape index (κ3) is 4.44. The number of nitrogens with one attached hydrogen (secondary N) is 2. The Morgan fingerprint density at radius 1 is 0.885 bits per heavy atom. The summed E-state index contributed by atoms with van der Waals surface area (Å²) in [5.74, 6) is 3.32. The fourth-order valence-corrected chi connectivity index (χ4v) is 4.81. The second-order valence-electron chi connectivity index (χ2n) is 8.07. The van der Waals surface area contributed by atoms with Gasteiger partial charge < -0.3 is 24.0 Å². The molecule has 0 aromatic heterocycles. The molecule has 0 bridgehead atoms. The highest BCUT2D eigenvalue weighted by Gasteiger charge is 2.32. The van der Waals surface area contributed by atoms with Crippen LogP contribution in [0.25, 0.3) is 0 Å². The second kappa shape index (κ2) is 8.96. The fourth-order valence-electron chi connectivity index (χ4n) is 4.81. The van der Waals surface area contributed by atoms with E-state index in [2.05, 4.69) is 13.0 Å². The number of rotatable bonds is 6. The lowest BCUT2D eigenvalue weighted by molar-refractivity contribution is -1.03. The quantitative estimate of drug-likeness (QED) is 0.775. The van der Waals surface area contributed by atoms with Gasteiger partial charge in [0.2, 0.25) is 0 Å². The van der Waals surface area contributed by atoms with E-state index in [4.69, 9.17) is 14.2 Å². The number of quaternary nitrogens is 2. The van der Waals surface area contributed by atoms with Gasteiger partial charge in [0, 0.05) is 12.5 Å². The van der Waals surface area contributed by atoms with Crippen LogP contribution in [0.3, 0.4) is 0 Å². The Morgan fingerprint density at radius 3 is 2.15 bits per heavy atom. The Bertz CT molecular complexity index is 585. The maximum absolute atomic E-state index is 5.60. The average Bonchev–Trinajstić information content (AvgIpc) is 2.68. The zero-order valence-electron chi connectivity index (χ0n) is 16.9. The molecule has 3 rings (SSSR count). The van der Waals surface area contributed by atoms with Gasteiger partial charge >= 0.3 is 0 Å². The minimum atomic E-state index is 0.726. The highest BCUT2D eigenvalue weighted by atomic mass is 16.5. The van der Waals surface area contributed by atoms with Crippen molar-refractivity contribution in [3.8, 4) is 17.2 Å². The first kappa shape index (κ1) is 19.3. The number of benzene rings is 1. The largest absolute Gasteiger partial charge is 0.496 e. The minimum absolute atomic E-state index is 0.726. The molecule has 0 amide bonds. The molecule has 1 saturated carbocycles. The van der Waals surface area contributed by atoms with Crippen molar-refractivity contribution in [3.63, 3.8) is 0 Å². The zero-order valence-corrected chi connectivity index (χ0v) is 16.9. The molecule has 1 saturated heterocycles. The van der Waals surface area contributed by atoms with Crippen molar-refractivity contribution >= 4 is 0 Å². The first-order chi connectivity index (χ1) is 12.6. The van der Waals surface area contributed by atoms with E-state index in [-0.39, 0.29) is 0 Å². The van der Waals surface area contributed by atoms with Gasteiger partial charge in [-0.1, -0.05) is 13.3 Å². The maximum Gasteiger partial charge on any atom is 0.164 e. The number of hydrogen-bond donors (Lipinski definition) is 2. The van der Waals surface area contributed by atoms with Crippen molar-refractivity contribution in [2.75, 3.05) is 47.5 Å². The normalized spacial score (nSPS) is 29.2. The van der Waals surface area contributed by atoms with Gasteiger partial charge in [0.1, 0.15) is 38.5 Å². The first-order valence-electron chi connectivity index (χ1n) is 10.1. The van der Waals surface area contributed by atoms with Crippen LogP contribution in [0.2, 0.25) is 0 Å². The summed E-state index contributed by atoms with van der Waals surface area (Å²) in [6.07, 6.45) is 5.71. The van der Waals surface area contributed by atoms with Crippen molar-refractivity contribution < 1.29 is 24.0 Å². The molecule has 2 aliphatic rings. The van der Waals surface area contributed by atoms with Crippen molar-refractivity contribution in [3.05, 3.63) is 17.7 Å². The van der Waals surface area contributed by atoms with Crippen molar-refractivity contribution in [1.29, 1.82) is 0 Å². The maximum atomic E-state index is 5.60. The van der Waals surface area contributed by atoms with E-state index >= 15 is 0 Å². The lowest BCUT2D eigenvalue weighted by Crippen LogP contribution is -3.29. The Morgan fingerprint density at radius 2 is 1.54 bits per heavy atom. The molecule has 0 spiro atoms. The Balaban J connectivity index is 1.60. The molecule has 5 heteroatoms. The third-order valence-corrected chi connectivity index (χ3v) is 6.34. The van der Waals surface area contributed by atoms with Crippen LogP contribution in [0.4, 0.5) is 0 Å². The summed E-state index contributed by atoms with van der Waals surface area (Å²) >= 11 is 0. The number of hydrogen-bond acceptors (Lipinski definition) is 3. The molecule has 146 valence electrons. The van der Waals surface area contributed by atoms with Crippen LogP contribution < -0.4 is 24.0 Å². The Kier molecular flexibility index (Phi) is 6.65. The van der Waals surface area contributed by atoms with Gasteiger partial charge in [-0.25, -0.2) is 0 Å². The third-order valence-electron chi connectivity index (χ3n) is 6.34. The molecule has 0 radical (unpaired) electrons. The molecule has 1 aromatic carbocycles. The number of piperazine rings is 1. The highest BCUT2D eigenvalue weighted by Crippen LogP contribution is 2.34. The molecule has 1 aliphatic carbocycles. The Hall–Kier alpha value is -1.46. The van der Waals surface area contributed by atoms with Crippen LogP contribution in [0.5, 0.6) is 17.2 Å². The molecule has 26 heavy (non-hydrogen) atoms. The minimum Gasteiger partial charge on any atom is -0.496 e. The van der Waals surface area contributed by atoms with Gasteiger partial charge in [-0.2, -0.15) is 0 Å². The molecule has 1 aliphatic heterocycles. The van der Waals surface area contributed by atoms with Gasteiger partial charge in [-0.15, -0.1) is 0 Å². The summed E-state index contributed by atoms with van der Waals surface area (Å²) < 4.78 is 16.5. The van der Waals surface area contributed by atoms with E-state index in [1.54, 1.807) is 26.2 Å². The zero-order chi connectivity index (χ0) is 18.5. The van der Waals surface area contributed by atoms with E-state index in [1.165, 1.54) is 57.4 Å².